The molecule has 2 heterocycles. The summed E-state index contributed by atoms with van der Waals surface area (Å²) in [4.78, 5) is 25.9. The van der Waals surface area contributed by atoms with Crippen molar-refractivity contribution in [2.45, 2.75) is 39.5 Å². The molecule has 1 atom stereocenters. The number of rotatable bonds is 4. The van der Waals surface area contributed by atoms with Gasteiger partial charge in [0.2, 0.25) is 16.9 Å². The first kappa shape index (κ1) is 14.9. The van der Waals surface area contributed by atoms with Crippen molar-refractivity contribution in [1.29, 1.82) is 0 Å². The number of piperidine rings is 1. The molecule has 0 aliphatic carbocycles. The number of carbonyl (C=O) groups excluding carboxylic acids is 2. The molecule has 20 heavy (non-hydrogen) atoms. The Hall–Kier alpha value is -1.50. The van der Waals surface area contributed by atoms with Gasteiger partial charge in [-0.05, 0) is 26.2 Å². The molecule has 6 nitrogen and oxygen atoms in total. The van der Waals surface area contributed by atoms with Crippen LogP contribution in [0.25, 0.3) is 0 Å². The zero-order valence-corrected chi connectivity index (χ0v) is 12.7. The summed E-state index contributed by atoms with van der Waals surface area (Å²) in [7, 11) is 0. The highest BCUT2D eigenvalue weighted by molar-refractivity contribution is 7.15. The molecule has 1 unspecified atom stereocenters. The molecule has 0 radical (unpaired) electrons. The normalized spacial score (nSPS) is 18.9. The number of hydrogen-bond acceptors (Lipinski definition) is 5. The van der Waals surface area contributed by atoms with Crippen LogP contribution < -0.4 is 5.32 Å². The standard InChI is InChI=1S/C13H20N4O2S/c1-3-5-11(18)17-7-4-6-10(8-17)12(19)14-13-16-15-9(2)20-13/h10H,3-8H2,1-2H3,(H,14,16,19). The fraction of sp³-hybridized carbons (Fsp3) is 0.692. The third-order valence-corrected chi connectivity index (χ3v) is 4.12. The van der Waals surface area contributed by atoms with Gasteiger partial charge in [-0.25, -0.2) is 0 Å². The molecule has 1 fully saturated rings. The maximum Gasteiger partial charge on any atom is 0.231 e. The number of anilines is 1. The van der Waals surface area contributed by atoms with E-state index in [2.05, 4.69) is 15.5 Å². The highest BCUT2D eigenvalue weighted by atomic mass is 32.1. The average molecular weight is 296 g/mol. The van der Waals surface area contributed by atoms with Gasteiger partial charge in [0, 0.05) is 19.5 Å². The van der Waals surface area contributed by atoms with E-state index >= 15 is 0 Å². The second-order valence-electron chi connectivity index (χ2n) is 5.04. The van der Waals surface area contributed by atoms with E-state index < -0.39 is 0 Å². The zero-order valence-electron chi connectivity index (χ0n) is 11.9. The quantitative estimate of drug-likeness (QED) is 0.919. The number of aryl methyl sites for hydroxylation is 1. The van der Waals surface area contributed by atoms with Gasteiger partial charge in [-0.2, -0.15) is 0 Å². The van der Waals surface area contributed by atoms with Crippen LogP contribution >= 0.6 is 11.3 Å². The van der Waals surface area contributed by atoms with Crippen molar-refractivity contribution in [3.63, 3.8) is 0 Å². The molecule has 1 aromatic rings. The molecule has 1 saturated heterocycles. The van der Waals surface area contributed by atoms with Crippen molar-refractivity contribution in [1.82, 2.24) is 15.1 Å². The predicted octanol–water partition coefficient (Wildman–Crippen LogP) is 1.82. The van der Waals surface area contributed by atoms with Crippen LogP contribution in [-0.2, 0) is 9.59 Å². The molecule has 0 bridgehead atoms. The molecule has 1 aliphatic heterocycles. The summed E-state index contributed by atoms with van der Waals surface area (Å²) in [5, 5.41) is 11.9. The first-order valence-corrected chi connectivity index (χ1v) is 7.80. The van der Waals surface area contributed by atoms with E-state index in [1.165, 1.54) is 11.3 Å². The molecule has 0 spiro atoms. The lowest BCUT2D eigenvalue weighted by atomic mass is 9.97. The Labute approximate surface area is 122 Å². The van der Waals surface area contributed by atoms with Gasteiger partial charge in [0.15, 0.2) is 0 Å². The van der Waals surface area contributed by atoms with E-state index in [0.29, 0.717) is 18.1 Å². The first-order chi connectivity index (χ1) is 9.60. The number of aromatic nitrogens is 2. The van der Waals surface area contributed by atoms with Crippen LogP contribution in [0.2, 0.25) is 0 Å². The summed E-state index contributed by atoms with van der Waals surface area (Å²) in [6, 6.07) is 0. The van der Waals surface area contributed by atoms with Gasteiger partial charge >= 0.3 is 0 Å². The molecule has 2 amide bonds. The predicted molar refractivity (Wildman–Crippen MR) is 77.5 cm³/mol. The topological polar surface area (TPSA) is 75.2 Å². The second-order valence-corrected chi connectivity index (χ2v) is 6.23. The van der Waals surface area contributed by atoms with Gasteiger partial charge < -0.3 is 10.2 Å². The summed E-state index contributed by atoms with van der Waals surface area (Å²) in [6.07, 6.45) is 3.10. The third-order valence-electron chi connectivity index (χ3n) is 3.36. The van der Waals surface area contributed by atoms with Gasteiger partial charge in [0.25, 0.3) is 0 Å². The minimum absolute atomic E-state index is 0.0600. The van der Waals surface area contributed by atoms with Gasteiger partial charge in [0.05, 0.1) is 5.92 Å². The molecule has 0 aromatic carbocycles. The van der Waals surface area contributed by atoms with Crippen LogP contribution in [-0.4, -0.2) is 40.0 Å². The Balaban J connectivity index is 1.91. The summed E-state index contributed by atoms with van der Waals surface area (Å²) in [6.45, 7) is 5.12. The van der Waals surface area contributed by atoms with Crippen molar-refractivity contribution in [3.05, 3.63) is 5.01 Å². The highest BCUT2D eigenvalue weighted by Crippen LogP contribution is 2.21. The van der Waals surface area contributed by atoms with Gasteiger partial charge in [-0.15, -0.1) is 10.2 Å². The number of amides is 2. The summed E-state index contributed by atoms with van der Waals surface area (Å²) in [5.41, 5.74) is 0. The summed E-state index contributed by atoms with van der Waals surface area (Å²) < 4.78 is 0. The minimum atomic E-state index is -0.145. The SMILES string of the molecule is CCCC(=O)N1CCCC(C(=O)Nc2nnc(C)s2)C1. The maximum atomic E-state index is 12.2. The van der Waals surface area contributed by atoms with Crippen LogP contribution in [0.5, 0.6) is 0 Å². The van der Waals surface area contributed by atoms with Gasteiger partial charge in [0.1, 0.15) is 5.01 Å². The molecular weight excluding hydrogens is 276 g/mol. The maximum absolute atomic E-state index is 12.2. The fourth-order valence-electron chi connectivity index (χ4n) is 2.34. The fourth-order valence-corrected chi connectivity index (χ4v) is 2.94. The number of likely N-dealkylation sites (tertiary alicyclic amines) is 1. The lowest BCUT2D eigenvalue weighted by Gasteiger charge is -2.31. The summed E-state index contributed by atoms with van der Waals surface area (Å²) in [5.74, 6) is -0.0549. The lowest BCUT2D eigenvalue weighted by Crippen LogP contribution is -2.43. The van der Waals surface area contributed by atoms with Crippen LogP contribution in [0.15, 0.2) is 0 Å². The van der Waals surface area contributed by atoms with Crippen molar-refractivity contribution < 1.29 is 9.59 Å². The Kier molecular flexibility index (Phi) is 5.05. The van der Waals surface area contributed by atoms with E-state index in [0.717, 1.165) is 30.8 Å². The van der Waals surface area contributed by atoms with Crippen molar-refractivity contribution in [3.8, 4) is 0 Å². The van der Waals surface area contributed by atoms with Crippen LogP contribution in [0.3, 0.4) is 0 Å². The van der Waals surface area contributed by atoms with Crippen LogP contribution in [0, 0.1) is 12.8 Å². The summed E-state index contributed by atoms with van der Waals surface area (Å²) >= 11 is 1.36. The van der Waals surface area contributed by atoms with E-state index in [9.17, 15) is 9.59 Å². The third kappa shape index (κ3) is 3.75. The molecular formula is C13H20N4O2S. The number of hydrogen-bond donors (Lipinski definition) is 1. The number of nitrogens with zero attached hydrogens (tertiary/aromatic N) is 3. The van der Waals surface area contributed by atoms with Gasteiger partial charge in [-0.1, -0.05) is 18.3 Å². The molecule has 0 saturated carbocycles. The average Bonchev–Trinajstić information content (AvgIpc) is 2.84. The Morgan fingerprint density at radius 1 is 1.45 bits per heavy atom. The monoisotopic (exact) mass is 296 g/mol. The molecule has 1 N–H and O–H groups in total. The van der Waals surface area contributed by atoms with E-state index in [1.54, 1.807) is 0 Å². The largest absolute Gasteiger partial charge is 0.342 e. The Morgan fingerprint density at radius 3 is 2.90 bits per heavy atom. The molecule has 1 aliphatic rings. The molecule has 1 aromatic heterocycles. The van der Waals surface area contributed by atoms with E-state index in [4.69, 9.17) is 0 Å². The second kappa shape index (κ2) is 6.78. The smallest absolute Gasteiger partial charge is 0.231 e. The van der Waals surface area contributed by atoms with Gasteiger partial charge in [-0.3, -0.25) is 9.59 Å². The lowest BCUT2D eigenvalue weighted by molar-refractivity contribution is -0.134. The Bertz CT molecular complexity index is 488. The van der Waals surface area contributed by atoms with E-state index in [-0.39, 0.29) is 17.7 Å². The molecule has 110 valence electrons. The highest BCUT2D eigenvalue weighted by Gasteiger charge is 2.28. The van der Waals surface area contributed by atoms with E-state index in [1.807, 2.05) is 18.7 Å². The molecule has 2 rings (SSSR count). The zero-order chi connectivity index (χ0) is 14.5. The van der Waals surface area contributed by atoms with Crippen molar-refractivity contribution in [2.75, 3.05) is 18.4 Å². The van der Waals surface area contributed by atoms with Crippen LogP contribution in [0.1, 0.15) is 37.6 Å². The minimum Gasteiger partial charge on any atom is -0.342 e. The number of nitrogens with one attached hydrogen (secondary N) is 1. The first-order valence-electron chi connectivity index (χ1n) is 6.99. The molecule has 7 heteroatoms. The van der Waals surface area contributed by atoms with Crippen molar-refractivity contribution >= 4 is 28.3 Å². The van der Waals surface area contributed by atoms with Crippen LogP contribution in [0.4, 0.5) is 5.13 Å². The Morgan fingerprint density at radius 2 is 2.25 bits per heavy atom. The van der Waals surface area contributed by atoms with Crippen molar-refractivity contribution in [2.24, 2.45) is 5.92 Å². The number of carbonyl (C=O) groups is 2.